The van der Waals surface area contributed by atoms with E-state index in [0.29, 0.717) is 5.92 Å². The number of fused-ring (bicyclic) bond motifs is 1. The summed E-state index contributed by atoms with van der Waals surface area (Å²) in [6.07, 6.45) is 3.65. The summed E-state index contributed by atoms with van der Waals surface area (Å²) in [6, 6.07) is 6.36. The van der Waals surface area contributed by atoms with E-state index in [1.807, 2.05) is 6.07 Å². The molecule has 3 heteroatoms. The molecule has 2 N–H and O–H groups in total. The number of halogens is 1. The third-order valence-electron chi connectivity index (χ3n) is 3.07. The van der Waals surface area contributed by atoms with Gasteiger partial charge in [0.1, 0.15) is 5.75 Å². The Morgan fingerprint density at radius 2 is 2.27 bits per heavy atom. The van der Waals surface area contributed by atoms with Gasteiger partial charge in [-0.15, -0.1) is 12.4 Å². The molecule has 0 aromatic heterocycles. The van der Waals surface area contributed by atoms with E-state index in [1.54, 1.807) is 7.11 Å². The molecule has 0 spiro atoms. The third-order valence-corrected chi connectivity index (χ3v) is 3.07. The average molecular weight is 228 g/mol. The van der Waals surface area contributed by atoms with Gasteiger partial charge < -0.3 is 10.5 Å². The van der Waals surface area contributed by atoms with Crippen molar-refractivity contribution in [1.82, 2.24) is 0 Å². The highest BCUT2D eigenvalue weighted by atomic mass is 35.5. The zero-order valence-corrected chi connectivity index (χ0v) is 9.85. The number of nitrogens with two attached hydrogens (primary N) is 1. The SMILES string of the molecule is COc1ccc2c(c1)CCC[C@H]2CN.Cl. The summed E-state index contributed by atoms with van der Waals surface area (Å²) in [4.78, 5) is 0. The van der Waals surface area contributed by atoms with Gasteiger partial charge in [0.05, 0.1) is 7.11 Å². The van der Waals surface area contributed by atoms with Crippen molar-refractivity contribution in [3.63, 3.8) is 0 Å². The molecule has 1 aliphatic rings. The van der Waals surface area contributed by atoms with Gasteiger partial charge >= 0.3 is 0 Å². The number of aryl methyl sites for hydroxylation is 1. The molecule has 84 valence electrons. The zero-order valence-electron chi connectivity index (χ0n) is 9.03. The van der Waals surface area contributed by atoms with Gasteiger partial charge in [-0.2, -0.15) is 0 Å². The van der Waals surface area contributed by atoms with E-state index in [0.717, 1.165) is 12.3 Å². The molecule has 0 saturated carbocycles. The highest BCUT2D eigenvalue weighted by molar-refractivity contribution is 5.85. The van der Waals surface area contributed by atoms with Crippen molar-refractivity contribution in [2.45, 2.75) is 25.2 Å². The average Bonchev–Trinajstić information content (AvgIpc) is 2.27. The molecule has 2 nitrogen and oxygen atoms in total. The molecule has 0 heterocycles. The minimum atomic E-state index is 0. The monoisotopic (exact) mass is 227 g/mol. The summed E-state index contributed by atoms with van der Waals surface area (Å²) in [5.41, 5.74) is 8.61. The molecule has 1 aliphatic carbocycles. The van der Waals surface area contributed by atoms with Gasteiger partial charge in [-0.05, 0) is 55.0 Å². The highest BCUT2D eigenvalue weighted by Gasteiger charge is 2.18. The van der Waals surface area contributed by atoms with Gasteiger partial charge in [0.25, 0.3) is 0 Å². The van der Waals surface area contributed by atoms with Gasteiger partial charge in [0.15, 0.2) is 0 Å². The molecule has 15 heavy (non-hydrogen) atoms. The van der Waals surface area contributed by atoms with Crippen LogP contribution in [-0.2, 0) is 6.42 Å². The summed E-state index contributed by atoms with van der Waals surface area (Å²) >= 11 is 0. The molecular formula is C12H18ClNO. The van der Waals surface area contributed by atoms with Crippen LogP contribution in [0.25, 0.3) is 0 Å². The van der Waals surface area contributed by atoms with E-state index in [2.05, 4.69) is 12.1 Å². The largest absolute Gasteiger partial charge is 0.497 e. The second-order valence-corrected chi connectivity index (χ2v) is 3.89. The molecule has 0 radical (unpaired) electrons. The van der Waals surface area contributed by atoms with Crippen LogP contribution in [0.15, 0.2) is 18.2 Å². The van der Waals surface area contributed by atoms with Crippen molar-refractivity contribution >= 4 is 12.4 Å². The standard InChI is InChI=1S/C12H17NO.ClH/c1-14-11-5-6-12-9(7-11)3-2-4-10(12)8-13;/h5-7,10H,2-4,8,13H2,1H3;1H/t10-;/m0./s1. The lowest BCUT2D eigenvalue weighted by Gasteiger charge is -2.24. The predicted octanol–water partition coefficient (Wildman–Crippen LogP) is 2.50. The molecule has 1 atom stereocenters. The second-order valence-electron chi connectivity index (χ2n) is 3.89. The maximum absolute atomic E-state index is 5.76. The van der Waals surface area contributed by atoms with Gasteiger partial charge in [-0.1, -0.05) is 6.07 Å². The minimum absolute atomic E-state index is 0. The first-order valence-electron chi connectivity index (χ1n) is 5.22. The minimum Gasteiger partial charge on any atom is -0.497 e. The number of hydrogen-bond donors (Lipinski definition) is 1. The van der Waals surface area contributed by atoms with Gasteiger partial charge in [0, 0.05) is 0 Å². The van der Waals surface area contributed by atoms with Crippen molar-refractivity contribution in [3.8, 4) is 5.75 Å². The smallest absolute Gasteiger partial charge is 0.119 e. The fourth-order valence-corrected chi connectivity index (χ4v) is 2.26. The van der Waals surface area contributed by atoms with E-state index in [1.165, 1.54) is 30.4 Å². The maximum atomic E-state index is 5.76. The molecule has 0 fully saturated rings. The van der Waals surface area contributed by atoms with E-state index in [9.17, 15) is 0 Å². The first kappa shape index (κ1) is 12.3. The third kappa shape index (κ3) is 2.44. The fourth-order valence-electron chi connectivity index (χ4n) is 2.26. The number of benzene rings is 1. The first-order chi connectivity index (χ1) is 6.85. The van der Waals surface area contributed by atoms with Crippen LogP contribution >= 0.6 is 12.4 Å². The quantitative estimate of drug-likeness (QED) is 0.843. The summed E-state index contributed by atoms with van der Waals surface area (Å²) < 4.78 is 5.22. The lowest BCUT2D eigenvalue weighted by Crippen LogP contribution is -2.18. The maximum Gasteiger partial charge on any atom is 0.119 e. The lowest BCUT2D eigenvalue weighted by molar-refractivity contribution is 0.413. The molecule has 0 unspecified atom stereocenters. The Morgan fingerprint density at radius 3 is 2.93 bits per heavy atom. The molecule has 1 aromatic carbocycles. The van der Waals surface area contributed by atoms with E-state index in [4.69, 9.17) is 10.5 Å². The Bertz CT molecular complexity index is 327. The van der Waals surface area contributed by atoms with Crippen LogP contribution in [-0.4, -0.2) is 13.7 Å². The molecule has 0 amide bonds. The molecule has 0 saturated heterocycles. The second kappa shape index (κ2) is 5.38. The van der Waals surface area contributed by atoms with Crippen LogP contribution in [0.1, 0.15) is 29.9 Å². The Labute approximate surface area is 97.2 Å². The highest BCUT2D eigenvalue weighted by Crippen LogP contribution is 2.32. The molecule has 0 aliphatic heterocycles. The topological polar surface area (TPSA) is 35.2 Å². The Morgan fingerprint density at radius 1 is 1.47 bits per heavy atom. The van der Waals surface area contributed by atoms with Crippen molar-refractivity contribution in [2.24, 2.45) is 5.73 Å². The number of methoxy groups -OCH3 is 1. The van der Waals surface area contributed by atoms with Crippen molar-refractivity contribution in [1.29, 1.82) is 0 Å². The summed E-state index contributed by atoms with van der Waals surface area (Å²) in [6.45, 7) is 0.763. The normalized spacial score (nSPS) is 18.9. The predicted molar refractivity (Wildman–Crippen MR) is 65.0 cm³/mol. The van der Waals surface area contributed by atoms with Crippen LogP contribution in [0, 0.1) is 0 Å². The van der Waals surface area contributed by atoms with Crippen LogP contribution in [0.2, 0.25) is 0 Å². The van der Waals surface area contributed by atoms with Crippen LogP contribution < -0.4 is 10.5 Å². The number of ether oxygens (including phenoxy) is 1. The van der Waals surface area contributed by atoms with E-state index < -0.39 is 0 Å². The Kier molecular flexibility index (Phi) is 4.43. The van der Waals surface area contributed by atoms with Crippen LogP contribution in [0.5, 0.6) is 5.75 Å². The fraction of sp³-hybridized carbons (Fsp3) is 0.500. The van der Waals surface area contributed by atoms with E-state index in [-0.39, 0.29) is 12.4 Å². The Balaban J connectivity index is 0.00000112. The van der Waals surface area contributed by atoms with Crippen molar-refractivity contribution < 1.29 is 4.74 Å². The Hall–Kier alpha value is -0.730. The first-order valence-corrected chi connectivity index (χ1v) is 5.22. The van der Waals surface area contributed by atoms with Gasteiger partial charge in [0.2, 0.25) is 0 Å². The van der Waals surface area contributed by atoms with Crippen molar-refractivity contribution in [3.05, 3.63) is 29.3 Å². The molecule has 0 bridgehead atoms. The summed E-state index contributed by atoms with van der Waals surface area (Å²) in [7, 11) is 1.71. The van der Waals surface area contributed by atoms with E-state index >= 15 is 0 Å². The summed E-state index contributed by atoms with van der Waals surface area (Å²) in [5.74, 6) is 1.52. The summed E-state index contributed by atoms with van der Waals surface area (Å²) in [5, 5.41) is 0. The van der Waals surface area contributed by atoms with Gasteiger partial charge in [-0.3, -0.25) is 0 Å². The number of hydrogen-bond acceptors (Lipinski definition) is 2. The van der Waals surface area contributed by atoms with Gasteiger partial charge in [-0.25, -0.2) is 0 Å². The van der Waals surface area contributed by atoms with Crippen LogP contribution in [0.4, 0.5) is 0 Å². The molecule has 1 aromatic rings. The zero-order chi connectivity index (χ0) is 9.97. The van der Waals surface area contributed by atoms with Crippen LogP contribution in [0.3, 0.4) is 0 Å². The lowest BCUT2D eigenvalue weighted by atomic mass is 9.83. The molecule has 2 rings (SSSR count). The van der Waals surface area contributed by atoms with Crippen molar-refractivity contribution in [2.75, 3.05) is 13.7 Å². The molecular weight excluding hydrogens is 210 g/mol. The number of rotatable bonds is 2.